The summed E-state index contributed by atoms with van der Waals surface area (Å²) in [4.78, 5) is 13.4. The van der Waals surface area contributed by atoms with Gasteiger partial charge in [-0.3, -0.25) is 4.79 Å². The number of piperidine rings is 1. The van der Waals surface area contributed by atoms with Crippen LogP contribution < -0.4 is 5.32 Å². The Hall–Kier alpha value is -1.40. The molecule has 1 amide bonds. The molecular weight excluding hydrogens is 396 g/mol. The summed E-state index contributed by atoms with van der Waals surface area (Å²) in [5.74, 6) is 0.715. The number of rotatable bonds is 4. The van der Waals surface area contributed by atoms with Crippen molar-refractivity contribution in [1.29, 1.82) is 0 Å². The largest absolute Gasteiger partial charge is 0.353 e. The molecule has 0 aromatic heterocycles. The van der Waals surface area contributed by atoms with E-state index in [1.54, 1.807) is 16.4 Å². The minimum absolute atomic E-state index is 0.0953. The van der Waals surface area contributed by atoms with Crippen LogP contribution in [0.4, 0.5) is 0 Å². The Morgan fingerprint density at radius 2 is 1.73 bits per heavy atom. The number of carbonyl (C=O) groups is 1. The number of carbonyl (C=O) groups excluding carboxylic acids is 1. The fraction of sp³-hybridized carbons (Fsp3) is 0.708. The normalized spacial score (nSPS) is 31.8. The molecule has 6 heteroatoms. The number of hydrogen-bond acceptors (Lipinski definition) is 3. The molecule has 3 unspecified atom stereocenters. The summed E-state index contributed by atoms with van der Waals surface area (Å²) >= 11 is 0. The molecule has 1 aromatic carbocycles. The Morgan fingerprint density at radius 3 is 2.27 bits per heavy atom. The molecule has 1 saturated heterocycles. The lowest BCUT2D eigenvalue weighted by Crippen LogP contribution is -2.50. The number of sulfonamides is 1. The van der Waals surface area contributed by atoms with Gasteiger partial charge >= 0.3 is 0 Å². The lowest BCUT2D eigenvalue weighted by atomic mass is 9.69. The molecule has 30 heavy (non-hydrogen) atoms. The zero-order chi connectivity index (χ0) is 21.9. The van der Waals surface area contributed by atoms with Gasteiger partial charge in [0.1, 0.15) is 0 Å². The summed E-state index contributed by atoms with van der Waals surface area (Å²) in [6.07, 6.45) is 4.71. The first-order valence-corrected chi connectivity index (χ1v) is 12.8. The third-order valence-corrected chi connectivity index (χ3v) is 10.9. The minimum atomic E-state index is -3.50. The number of amides is 1. The topological polar surface area (TPSA) is 66.5 Å². The molecular formula is C24H36N2O3S. The van der Waals surface area contributed by atoms with E-state index in [2.05, 4.69) is 26.1 Å². The highest BCUT2D eigenvalue weighted by molar-refractivity contribution is 7.89. The third-order valence-electron chi connectivity index (χ3n) is 9.05. The fourth-order valence-corrected chi connectivity index (χ4v) is 7.65. The van der Waals surface area contributed by atoms with Crippen molar-refractivity contribution in [2.24, 2.45) is 22.7 Å². The quantitative estimate of drug-likeness (QED) is 0.781. The molecule has 1 heterocycles. The van der Waals surface area contributed by atoms with Crippen molar-refractivity contribution in [3.8, 4) is 0 Å². The molecule has 1 aliphatic heterocycles. The minimum Gasteiger partial charge on any atom is -0.353 e. The van der Waals surface area contributed by atoms with E-state index in [0.717, 1.165) is 17.5 Å². The van der Waals surface area contributed by atoms with E-state index in [9.17, 15) is 13.2 Å². The maximum atomic E-state index is 13.0. The number of nitrogens with one attached hydrogen (secondary N) is 1. The van der Waals surface area contributed by atoms with Gasteiger partial charge in [-0.1, -0.05) is 26.8 Å². The molecule has 5 nitrogen and oxygen atoms in total. The standard InChI is InChI=1S/C24H36N2O3S/c1-16-6-7-20(14-17(16)2)30(28,29)26-12-9-18(10-13-26)22(27)25-21-15-19-8-11-24(21,5)23(19,3)4/h6-7,14,18-19,21H,8-13,15H2,1-5H3,(H,25,27). The molecule has 2 aliphatic carbocycles. The Balaban J connectivity index is 1.38. The molecule has 0 radical (unpaired) electrons. The molecule has 2 saturated carbocycles. The van der Waals surface area contributed by atoms with Crippen LogP contribution in [0.25, 0.3) is 0 Å². The van der Waals surface area contributed by atoms with Gasteiger partial charge in [-0.15, -0.1) is 0 Å². The van der Waals surface area contributed by atoms with Crippen LogP contribution in [0, 0.1) is 36.5 Å². The number of aryl methyl sites for hydroxylation is 2. The molecule has 0 spiro atoms. The van der Waals surface area contributed by atoms with E-state index in [1.165, 1.54) is 12.8 Å². The second kappa shape index (κ2) is 7.33. The predicted molar refractivity (Wildman–Crippen MR) is 119 cm³/mol. The van der Waals surface area contributed by atoms with Gasteiger partial charge in [-0.2, -0.15) is 4.31 Å². The van der Waals surface area contributed by atoms with E-state index in [0.29, 0.717) is 36.7 Å². The Kier molecular flexibility index (Phi) is 5.33. The summed E-state index contributed by atoms with van der Waals surface area (Å²) in [5.41, 5.74) is 2.50. The number of benzene rings is 1. The van der Waals surface area contributed by atoms with E-state index in [-0.39, 0.29) is 28.7 Å². The summed E-state index contributed by atoms with van der Waals surface area (Å²) in [7, 11) is -3.50. The summed E-state index contributed by atoms with van der Waals surface area (Å²) in [6.45, 7) is 11.8. The van der Waals surface area contributed by atoms with Crippen molar-refractivity contribution in [2.45, 2.75) is 77.7 Å². The van der Waals surface area contributed by atoms with Gasteiger partial charge in [-0.05, 0) is 86.0 Å². The average Bonchev–Trinajstić information content (AvgIpc) is 3.03. The molecule has 3 fully saturated rings. The number of hydrogen-bond donors (Lipinski definition) is 1. The molecule has 1 aromatic rings. The van der Waals surface area contributed by atoms with Gasteiger partial charge in [0.05, 0.1) is 4.90 Å². The monoisotopic (exact) mass is 432 g/mol. The van der Waals surface area contributed by atoms with Crippen LogP contribution in [0.15, 0.2) is 23.1 Å². The summed E-state index contributed by atoms with van der Waals surface area (Å²) in [5, 5.41) is 3.37. The van der Waals surface area contributed by atoms with E-state index in [1.807, 2.05) is 19.9 Å². The van der Waals surface area contributed by atoms with Crippen LogP contribution >= 0.6 is 0 Å². The van der Waals surface area contributed by atoms with Crippen LogP contribution in [-0.2, 0) is 14.8 Å². The Labute approximate surface area is 181 Å². The zero-order valence-corrected chi connectivity index (χ0v) is 19.8. The third kappa shape index (κ3) is 3.31. The molecule has 4 rings (SSSR count). The van der Waals surface area contributed by atoms with E-state index in [4.69, 9.17) is 0 Å². The maximum absolute atomic E-state index is 13.0. The highest BCUT2D eigenvalue weighted by Crippen LogP contribution is 2.65. The first-order valence-electron chi connectivity index (χ1n) is 11.3. The lowest BCUT2D eigenvalue weighted by molar-refractivity contribution is -0.127. The van der Waals surface area contributed by atoms with Gasteiger partial charge in [0, 0.05) is 25.0 Å². The van der Waals surface area contributed by atoms with Crippen LogP contribution in [0.2, 0.25) is 0 Å². The summed E-state index contributed by atoms with van der Waals surface area (Å²) in [6, 6.07) is 5.55. The Bertz CT molecular complexity index is 947. The molecule has 3 aliphatic rings. The van der Waals surface area contributed by atoms with Crippen molar-refractivity contribution in [1.82, 2.24) is 9.62 Å². The average molecular weight is 433 g/mol. The van der Waals surface area contributed by atoms with Crippen LogP contribution in [-0.4, -0.2) is 37.8 Å². The van der Waals surface area contributed by atoms with Crippen molar-refractivity contribution in [2.75, 3.05) is 13.1 Å². The van der Waals surface area contributed by atoms with Crippen LogP contribution in [0.3, 0.4) is 0 Å². The highest BCUT2D eigenvalue weighted by atomic mass is 32.2. The first-order chi connectivity index (χ1) is 14.0. The number of fused-ring (bicyclic) bond motifs is 2. The number of nitrogens with zero attached hydrogens (tertiary/aromatic N) is 1. The summed E-state index contributed by atoms with van der Waals surface area (Å²) < 4.78 is 27.6. The second-order valence-electron chi connectivity index (χ2n) is 10.6. The highest BCUT2D eigenvalue weighted by Gasteiger charge is 2.61. The SMILES string of the molecule is Cc1ccc(S(=O)(=O)N2CCC(C(=O)NC3CC4CCC3(C)C4(C)C)CC2)cc1C. The molecule has 2 bridgehead atoms. The van der Waals surface area contributed by atoms with Crippen molar-refractivity contribution < 1.29 is 13.2 Å². The molecule has 166 valence electrons. The smallest absolute Gasteiger partial charge is 0.243 e. The van der Waals surface area contributed by atoms with Crippen molar-refractivity contribution in [3.05, 3.63) is 29.3 Å². The van der Waals surface area contributed by atoms with E-state index >= 15 is 0 Å². The fourth-order valence-electron chi connectivity index (χ4n) is 6.09. The predicted octanol–water partition coefficient (Wildman–Crippen LogP) is 4.04. The second-order valence-corrected chi connectivity index (χ2v) is 12.5. The van der Waals surface area contributed by atoms with Gasteiger partial charge in [0.25, 0.3) is 0 Å². The van der Waals surface area contributed by atoms with Gasteiger partial charge in [0.15, 0.2) is 0 Å². The van der Waals surface area contributed by atoms with Gasteiger partial charge in [0.2, 0.25) is 15.9 Å². The van der Waals surface area contributed by atoms with Crippen molar-refractivity contribution in [3.63, 3.8) is 0 Å². The lowest BCUT2D eigenvalue weighted by Gasteiger charge is -2.40. The maximum Gasteiger partial charge on any atom is 0.243 e. The zero-order valence-electron chi connectivity index (χ0n) is 19.0. The first kappa shape index (κ1) is 21.8. The van der Waals surface area contributed by atoms with Crippen LogP contribution in [0.1, 0.15) is 64.0 Å². The van der Waals surface area contributed by atoms with E-state index < -0.39 is 10.0 Å². The molecule has 3 atom stereocenters. The van der Waals surface area contributed by atoms with Crippen molar-refractivity contribution >= 4 is 15.9 Å². The van der Waals surface area contributed by atoms with Gasteiger partial charge < -0.3 is 5.32 Å². The van der Waals surface area contributed by atoms with Gasteiger partial charge in [-0.25, -0.2) is 8.42 Å². The molecule has 1 N–H and O–H groups in total. The Morgan fingerprint density at radius 1 is 1.07 bits per heavy atom. The van der Waals surface area contributed by atoms with Crippen LogP contribution in [0.5, 0.6) is 0 Å².